The number of carbonyl (C=O) groups excluding carboxylic acids is 1. The highest BCUT2D eigenvalue weighted by Crippen LogP contribution is 2.35. The molecule has 0 unspecified atom stereocenters. The topological polar surface area (TPSA) is 124 Å². The van der Waals surface area contributed by atoms with Gasteiger partial charge in [0.05, 0.1) is 30.9 Å². The molecule has 0 atom stereocenters. The lowest BCUT2D eigenvalue weighted by atomic mass is 10.1. The Labute approximate surface area is 256 Å². The molecule has 4 aromatic heterocycles. The second-order valence-electron chi connectivity index (χ2n) is 9.48. The quantitative estimate of drug-likeness (QED) is 0.165. The number of benzene rings is 2. The number of hydrogen-bond donors (Lipinski definition) is 1. The van der Waals surface area contributed by atoms with E-state index in [-0.39, 0.29) is 28.2 Å². The molecule has 4 heterocycles. The average molecular weight is 664 g/mol. The molecule has 2 aromatic carbocycles. The normalized spacial score (nSPS) is 11.8. The van der Waals surface area contributed by atoms with Crippen LogP contribution in [0.1, 0.15) is 32.1 Å². The van der Waals surface area contributed by atoms with E-state index in [1.165, 1.54) is 24.3 Å². The summed E-state index contributed by atoms with van der Waals surface area (Å²) in [5.41, 5.74) is -3.75. The molecule has 6 rings (SSSR count). The minimum atomic E-state index is -4.75. The number of halogens is 8. The number of rotatable bonds is 4. The van der Waals surface area contributed by atoms with Gasteiger partial charge in [-0.1, -0.05) is 0 Å². The van der Waals surface area contributed by atoms with Gasteiger partial charge in [0.25, 0.3) is 0 Å². The van der Waals surface area contributed by atoms with Crippen LogP contribution in [0.25, 0.3) is 33.8 Å². The Morgan fingerprint density at radius 1 is 0.681 bits per heavy atom. The van der Waals surface area contributed by atoms with Gasteiger partial charge in [0, 0.05) is 11.1 Å². The Kier molecular flexibility index (Phi) is 8.36. The maximum atomic E-state index is 13.3. The predicted octanol–water partition coefficient (Wildman–Crippen LogP) is 6.59. The first-order chi connectivity index (χ1) is 22.0. The van der Waals surface area contributed by atoms with Gasteiger partial charge in [-0.3, -0.25) is 0 Å². The zero-order chi connectivity index (χ0) is 34.3. The van der Waals surface area contributed by atoms with Gasteiger partial charge in [-0.25, -0.2) is 37.4 Å². The van der Waals surface area contributed by atoms with Crippen molar-refractivity contribution in [2.24, 2.45) is 0 Å². The molecule has 0 radical (unpaired) electrons. The number of nitrogens with zero attached hydrogens (tertiary/aromatic N) is 6. The van der Waals surface area contributed by atoms with Crippen molar-refractivity contribution in [1.29, 1.82) is 0 Å². The highest BCUT2D eigenvalue weighted by Gasteiger charge is 2.37. The number of hydrogen-bond acceptors (Lipinski definition) is 7. The van der Waals surface area contributed by atoms with Crippen LogP contribution in [0.15, 0.2) is 73.1 Å². The summed E-state index contributed by atoms with van der Waals surface area (Å²) in [5.74, 6) is -3.41. The van der Waals surface area contributed by atoms with Crippen LogP contribution in [0.3, 0.4) is 0 Å². The molecule has 6 aromatic rings. The second kappa shape index (κ2) is 12.1. The number of imidazole rings is 2. The number of aromatic carboxylic acids is 1. The zero-order valence-corrected chi connectivity index (χ0v) is 23.3. The molecule has 18 heteroatoms. The molecule has 0 aliphatic rings. The summed E-state index contributed by atoms with van der Waals surface area (Å²) >= 11 is 0. The number of carbonyl (C=O) groups is 2. The van der Waals surface area contributed by atoms with Crippen LogP contribution < -0.4 is 0 Å². The van der Waals surface area contributed by atoms with E-state index in [1.54, 1.807) is 0 Å². The van der Waals surface area contributed by atoms with Crippen molar-refractivity contribution in [2.45, 2.75) is 12.4 Å². The molecular weight excluding hydrogens is 648 g/mol. The van der Waals surface area contributed by atoms with Crippen LogP contribution in [0.5, 0.6) is 0 Å². The van der Waals surface area contributed by atoms with Crippen LogP contribution >= 0.6 is 0 Å². The van der Waals surface area contributed by atoms with Gasteiger partial charge in [-0.2, -0.15) is 36.5 Å². The fraction of sp³-hybridized carbons (Fsp3) is 0.103. The minimum absolute atomic E-state index is 0.0383. The number of ether oxygens (including phenoxy) is 1. The summed E-state index contributed by atoms with van der Waals surface area (Å²) in [6, 6.07) is 11.1. The highest BCUT2D eigenvalue weighted by atomic mass is 19.4. The lowest BCUT2D eigenvalue weighted by Gasteiger charge is -2.10. The summed E-state index contributed by atoms with van der Waals surface area (Å²) in [4.78, 5) is 29.5. The number of carboxylic acid groups (broad SMARTS) is 1. The van der Waals surface area contributed by atoms with Crippen LogP contribution in [0, 0.1) is 11.6 Å². The highest BCUT2D eigenvalue weighted by molar-refractivity contribution is 5.88. The molecule has 0 saturated carbocycles. The first kappa shape index (κ1) is 32.5. The average Bonchev–Trinajstić information content (AvgIpc) is 3.64. The van der Waals surface area contributed by atoms with E-state index in [2.05, 4.69) is 24.9 Å². The largest absolute Gasteiger partial charge is 0.476 e. The lowest BCUT2D eigenvalue weighted by molar-refractivity contribution is -0.137. The van der Waals surface area contributed by atoms with Crippen molar-refractivity contribution >= 4 is 23.2 Å². The zero-order valence-electron chi connectivity index (χ0n) is 23.3. The number of aromatic nitrogens is 6. The van der Waals surface area contributed by atoms with Gasteiger partial charge in [-0.05, 0) is 60.7 Å². The van der Waals surface area contributed by atoms with Gasteiger partial charge < -0.3 is 9.84 Å². The van der Waals surface area contributed by atoms with Crippen molar-refractivity contribution in [2.75, 3.05) is 7.11 Å². The summed E-state index contributed by atoms with van der Waals surface area (Å²) in [6.45, 7) is 0. The van der Waals surface area contributed by atoms with E-state index in [9.17, 15) is 44.7 Å². The first-order valence-electron chi connectivity index (χ1n) is 12.8. The number of esters is 1. The molecule has 10 nitrogen and oxygen atoms in total. The van der Waals surface area contributed by atoms with E-state index in [1.807, 2.05) is 0 Å². The fourth-order valence-corrected chi connectivity index (χ4v) is 4.20. The Hall–Kier alpha value is -5.94. The Morgan fingerprint density at radius 3 is 1.43 bits per heavy atom. The molecule has 0 aliphatic carbocycles. The predicted molar refractivity (Wildman–Crippen MR) is 145 cm³/mol. The van der Waals surface area contributed by atoms with Crippen LogP contribution in [-0.2, 0) is 17.1 Å². The minimum Gasteiger partial charge on any atom is -0.476 e. The van der Waals surface area contributed by atoms with Crippen LogP contribution in [0.4, 0.5) is 35.1 Å². The third-order valence-electron chi connectivity index (χ3n) is 6.36. The van der Waals surface area contributed by atoms with Crippen molar-refractivity contribution < 1.29 is 54.6 Å². The molecule has 47 heavy (non-hydrogen) atoms. The number of carboxylic acids is 1. The SMILES string of the molecule is COC(=O)c1cn2nc(-c3ccc(F)cc3)cc(C(F)(F)F)c2n1.O=C(O)c1cn2nc(-c3ccc(F)cc3)cc(C(F)(F)F)c2n1. The van der Waals surface area contributed by atoms with Crippen molar-refractivity contribution in [1.82, 2.24) is 29.2 Å². The standard InChI is InChI=1S/C15H9F4N3O2.C14H7F4N3O2/c1-24-14(23)12-7-22-13(20-12)10(15(17,18)19)6-11(21-22)8-2-4-9(16)5-3-8;15-8-3-1-7(2-4-8)10-5-9(14(16,17)18)12-19-11(13(22)23)6-21(12)20-10/h2-7H,1H3;1-6H,(H,22,23). The summed E-state index contributed by atoms with van der Waals surface area (Å²) in [7, 11) is 1.09. The maximum absolute atomic E-state index is 13.3. The molecule has 0 bridgehead atoms. The summed E-state index contributed by atoms with van der Waals surface area (Å²) < 4.78 is 112. The van der Waals surface area contributed by atoms with Crippen molar-refractivity contribution in [3.63, 3.8) is 0 Å². The molecular formula is C29H16F8N6O4. The summed E-state index contributed by atoms with van der Waals surface area (Å²) in [6.07, 6.45) is -7.53. The van der Waals surface area contributed by atoms with E-state index in [0.29, 0.717) is 0 Å². The molecule has 242 valence electrons. The Morgan fingerprint density at radius 2 is 1.06 bits per heavy atom. The van der Waals surface area contributed by atoms with Gasteiger partial charge in [0.2, 0.25) is 0 Å². The van der Waals surface area contributed by atoms with E-state index < -0.39 is 64.0 Å². The maximum Gasteiger partial charge on any atom is 0.420 e. The van der Waals surface area contributed by atoms with E-state index in [4.69, 9.17) is 5.11 Å². The number of alkyl halides is 6. The fourth-order valence-electron chi connectivity index (χ4n) is 4.20. The monoisotopic (exact) mass is 664 g/mol. The molecule has 1 N–H and O–H groups in total. The Balaban J connectivity index is 0.000000185. The first-order valence-corrected chi connectivity index (χ1v) is 12.8. The van der Waals surface area contributed by atoms with Crippen molar-refractivity contribution in [3.8, 4) is 22.5 Å². The number of methoxy groups -OCH3 is 1. The van der Waals surface area contributed by atoms with Crippen LogP contribution in [-0.4, -0.2) is 53.4 Å². The number of fused-ring (bicyclic) bond motifs is 2. The Bertz CT molecular complexity index is 2120. The van der Waals surface area contributed by atoms with Gasteiger partial charge in [-0.15, -0.1) is 0 Å². The lowest BCUT2D eigenvalue weighted by Crippen LogP contribution is -2.10. The third kappa shape index (κ3) is 6.85. The van der Waals surface area contributed by atoms with Gasteiger partial charge in [0.15, 0.2) is 22.7 Å². The molecule has 0 aliphatic heterocycles. The molecule has 0 spiro atoms. The van der Waals surface area contributed by atoms with E-state index in [0.717, 1.165) is 64.9 Å². The summed E-state index contributed by atoms with van der Waals surface area (Å²) in [5, 5.41) is 16.8. The van der Waals surface area contributed by atoms with Crippen LogP contribution in [0.2, 0.25) is 0 Å². The second-order valence-corrected chi connectivity index (χ2v) is 9.48. The molecule has 0 amide bonds. The molecule has 0 saturated heterocycles. The van der Waals surface area contributed by atoms with Crippen molar-refractivity contribution in [3.05, 3.63) is 107 Å². The molecule has 0 fully saturated rings. The van der Waals surface area contributed by atoms with Gasteiger partial charge in [0.1, 0.15) is 22.8 Å². The van der Waals surface area contributed by atoms with Gasteiger partial charge >= 0.3 is 24.3 Å². The third-order valence-corrected chi connectivity index (χ3v) is 6.36. The van der Waals surface area contributed by atoms with E-state index >= 15 is 0 Å². The smallest absolute Gasteiger partial charge is 0.420 e.